The average molecular weight is 601 g/mol. The molecule has 0 spiro atoms. The maximum Gasteiger partial charge on any atom is 0.266 e. The van der Waals surface area contributed by atoms with Gasteiger partial charge in [-0.3, -0.25) is 9.36 Å². The van der Waals surface area contributed by atoms with E-state index in [9.17, 15) is 4.79 Å². The third-order valence-corrected chi connectivity index (χ3v) is 7.28. The monoisotopic (exact) mass is 599 g/mol. The molecule has 1 aliphatic heterocycles. The van der Waals surface area contributed by atoms with E-state index in [1.165, 1.54) is 0 Å². The zero-order chi connectivity index (χ0) is 24.6. The summed E-state index contributed by atoms with van der Waals surface area (Å²) in [6.07, 6.45) is 0.604. The molecule has 1 aliphatic rings. The molecule has 176 valence electrons. The number of rotatable bonds is 4. The molecular formula is C29H19Br2N3O2. The van der Waals surface area contributed by atoms with Crippen molar-refractivity contribution < 1.29 is 4.84 Å². The lowest BCUT2D eigenvalue weighted by atomic mass is 10.0. The average Bonchev–Trinajstić information content (AvgIpc) is 3.41. The standard InChI is InChI=1S/C29H19Br2N3O2/c30-21-15-23-27(24(31)16-21)32-28(20-9-5-2-6-10-20)34(29(23)35)22-13-11-18(12-14-22)25-17-26(36-33-25)19-7-3-1-4-8-19/h1-16,26H,17H2. The van der Waals surface area contributed by atoms with Crippen LogP contribution in [0.3, 0.4) is 0 Å². The lowest BCUT2D eigenvalue weighted by Crippen LogP contribution is -2.22. The van der Waals surface area contributed by atoms with Gasteiger partial charge in [-0.15, -0.1) is 0 Å². The zero-order valence-electron chi connectivity index (χ0n) is 18.9. The molecule has 1 atom stereocenters. The van der Waals surface area contributed by atoms with Crippen molar-refractivity contribution in [1.29, 1.82) is 0 Å². The molecule has 5 aromatic rings. The highest BCUT2D eigenvalue weighted by molar-refractivity contribution is 9.11. The molecule has 0 radical (unpaired) electrons. The number of hydrogen-bond donors (Lipinski definition) is 0. The van der Waals surface area contributed by atoms with E-state index in [1.807, 2.05) is 97.1 Å². The molecular weight excluding hydrogens is 582 g/mol. The molecule has 5 nitrogen and oxygen atoms in total. The van der Waals surface area contributed by atoms with Crippen molar-refractivity contribution in [1.82, 2.24) is 9.55 Å². The molecule has 4 aromatic carbocycles. The van der Waals surface area contributed by atoms with Crippen LogP contribution in [0.5, 0.6) is 0 Å². The fourth-order valence-corrected chi connectivity index (χ4v) is 5.75. The van der Waals surface area contributed by atoms with Crippen molar-refractivity contribution in [3.63, 3.8) is 0 Å². The number of nitrogens with zero attached hydrogens (tertiary/aromatic N) is 3. The summed E-state index contributed by atoms with van der Waals surface area (Å²) >= 11 is 7.07. The van der Waals surface area contributed by atoms with Gasteiger partial charge in [0.05, 0.1) is 22.3 Å². The van der Waals surface area contributed by atoms with Crippen LogP contribution in [-0.4, -0.2) is 15.3 Å². The molecule has 0 N–H and O–H groups in total. The number of oxime groups is 1. The Balaban J connectivity index is 1.42. The van der Waals surface area contributed by atoms with Gasteiger partial charge in [0.2, 0.25) is 0 Å². The number of halogens is 2. The molecule has 36 heavy (non-hydrogen) atoms. The third kappa shape index (κ3) is 4.18. The molecule has 0 amide bonds. The first-order valence-electron chi connectivity index (χ1n) is 11.4. The Hall–Kier alpha value is -3.55. The Morgan fingerprint density at radius 3 is 2.25 bits per heavy atom. The van der Waals surface area contributed by atoms with Crippen LogP contribution in [0, 0.1) is 0 Å². The fraction of sp³-hybridized carbons (Fsp3) is 0.0690. The van der Waals surface area contributed by atoms with Gasteiger partial charge in [0.15, 0.2) is 6.10 Å². The van der Waals surface area contributed by atoms with Crippen LogP contribution in [0.2, 0.25) is 0 Å². The van der Waals surface area contributed by atoms with Crippen molar-refractivity contribution >= 4 is 48.5 Å². The van der Waals surface area contributed by atoms with Crippen molar-refractivity contribution in [2.75, 3.05) is 0 Å². The van der Waals surface area contributed by atoms with Gasteiger partial charge in [-0.25, -0.2) is 4.98 Å². The Kier molecular flexibility index (Phi) is 6.03. The van der Waals surface area contributed by atoms with Gasteiger partial charge in [0, 0.05) is 20.9 Å². The van der Waals surface area contributed by atoms with E-state index in [4.69, 9.17) is 9.82 Å². The lowest BCUT2D eigenvalue weighted by Gasteiger charge is -2.15. The van der Waals surface area contributed by atoms with E-state index in [0.29, 0.717) is 23.1 Å². The summed E-state index contributed by atoms with van der Waals surface area (Å²) in [5, 5.41) is 4.86. The number of hydrogen-bond acceptors (Lipinski definition) is 4. The Bertz CT molecular complexity index is 1670. The molecule has 0 fully saturated rings. The van der Waals surface area contributed by atoms with E-state index in [1.54, 1.807) is 4.57 Å². The quantitative estimate of drug-likeness (QED) is 0.215. The van der Waals surface area contributed by atoms with Crippen LogP contribution in [0.1, 0.15) is 23.7 Å². The van der Waals surface area contributed by atoms with E-state index in [0.717, 1.165) is 37.0 Å². The van der Waals surface area contributed by atoms with Gasteiger partial charge in [-0.05, 0) is 51.3 Å². The lowest BCUT2D eigenvalue weighted by molar-refractivity contribution is 0.0857. The highest BCUT2D eigenvalue weighted by atomic mass is 79.9. The van der Waals surface area contributed by atoms with Crippen molar-refractivity contribution in [2.24, 2.45) is 5.16 Å². The second-order valence-electron chi connectivity index (χ2n) is 8.52. The van der Waals surface area contributed by atoms with E-state index in [-0.39, 0.29) is 11.7 Å². The Morgan fingerprint density at radius 1 is 0.833 bits per heavy atom. The minimum absolute atomic E-state index is 0.0882. The van der Waals surface area contributed by atoms with Gasteiger partial charge >= 0.3 is 0 Å². The van der Waals surface area contributed by atoms with Crippen molar-refractivity contribution in [3.05, 3.63) is 127 Å². The van der Waals surface area contributed by atoms with E-state index >= 15 is 0 Å². The molecule has 1 unspecified atom stereocenters. The topological polar surface area (TPSA) is 56.5 Å². The van der Waals surface area contributed by atoms with Gasteiger partial charge in [-0.1, -0.05) is 93.9 Å². The smallest absolute Gasteiger partial charge is 0.266 e. The maximum atomic E-state index is 13.8. The second kappa shape index (κ2) is 9.48. The minimum Gasteiger partial charge on any atom is -0.387 e. The summed E-state index contributed by atoms with van der Waals surface area (Å²) < 4.78 is 3.23. The highest BCUT2D eigenvalue weighted by Crippen LogP contribution is 2.31. The minimum atomic E-state index is -0.140. The molecule has 0 bridgehead atoms. The molecule has 2 heterocycles. The first kappa shape index (κ1) is 22.9. The number of fused-ring (bicyclic) bond motifs is 1. The summed E-state index contributed by atoms with van der Waals surface area (Å²) in [6.45, 7) is 0. The summed E-state index contributed by atoms with van der Waals surface area (Å²) in [5.41, 5.74) is 5.02. The van der Waals surface area contributed by atoms with Crippen LogP contribution < -0.4 is 5.56 Å². The Labute approximate surface area is 224 Å². The van der Waals surface area contributed by atoms with Gasteiger partial charge < -0.3 is 4.84 Å². The first-order chi connectivity index (χ1) is 17.6. The molecule has 7 heteroatoms. The fourth-order valence-electron chi connectivity index (χ4n) is 4.43. The van der Waals surface area contributed by atoms with Crippen LogP contribution in [-0.2, 0) is 4.84 Å². The van der Waals surface area contributed by atoms with Gasteiger partial charge in [0.25, 0.3) is 5.56 Å². The van der Waals surface area contributed by atoms with Crippen LogP contribution in [0.4, 0.5) is 0 Å². The summed E-state index contributed by atoms with van der Waals surface area (Å²) in [4.78, 5) is 24.4. The molecule has 1 aromatic heterocycles. The normalized spacial score (nSPS) is 15.1. The summed E-state index contributed by atoms with van der Waals surface area (Å²) in [5.74, 6) is 0.578. The van der Waals surface area contributed by atoms with Crippen LogP contribution in [0.25, 0.3) is 28.0 Å². The zero-order valence-corrected chi connectivity index (χ0v) is 22.1. The SMILES string of the molecule is O=c1c2cc(Br)cc(Br)c2nc(-c2ccccc2)n1-c1ccc(C2=NOC(c3ccccc3)C2)cc1. The predicted octanol–water partition coefficient (Wildman–Crippen LogP) is 7.44. The summed E-state index contributed by atoms with van der Waals surface area (Å²) in [6, 6.07) is 31.4. The molecule has 0 aliphatic carbocycles. The predicted molar refractivity (Wildman–Crippen MR) is 150 cm³/mol. The Morgan fingerprint density at radius 2 is 1.53 bits per heavy atom. The van der Waals surface area contributed by atoms with E-state index < -0.39 is 0 Å². The molecule has 0 saturated heterocycles. The third-order valence-electron chi connectivity index (χ3n) is 6.22. The molecule has 0 saturated carbocycles. The number of aromatic nitrogens is 2. The van der Waals surface area contributed by atoms with E-state index in [2.05, 4.69) is 37.0 Å². The maximum absolute atomic E-state index is 13.8. The highest BCUT2D eigenvalue weighted by Gasteiger charge is 2.24. The van der Waals surface area contributed by atoms with Gasteiger partial charge in [-0.2, -0.15) is 0 Å². The largest absolute Gasteiger partial charge is 0.387 e. The van der Waals surface area contributed by atoms with Crippen molar-refractivity contribution in [2.45, 2.75) is 12.5 Å². The first-order valence-corrected chi connectivity index (χ1v) is 13.0. The number of benzene rings is 4. The van der Waals surface area contributed by atoms with Crippen LogP contribution in [0.15, 0.2) is 116 Å². The van der Waals surface area contributed by atoms with Crippen LogP contribution >= 0.6 is 31.9 Å². The van der Waals surface area contributed by atoms with Crippen molar-refractivity contribution in [3.8, 4) is 17.1 Å². The molecule has 6 rings (SSSR count). The summed E-state index contributed by atoms with van der Waals surface area (Å²) in [7, 11) is 0. The van der Waals surface area contributed by atoms with Gasteiger partial charge in [0.1, 0.15) is 5.82 Å². The second-order valence-corrected chi connectivity index (χ2v) is 10.3.